The average molecular weight is 381 g/mol. The molecule has 0 atom stereocenters. The lowest BCUT2D eigenvalue weighted by Gasteiger charge is -2.24. The minimum atomic E-state index is -3.37. The molecule has 0 aliphatic carbocycles. The van der Waals surface area contributed by atoms with Gasteiger partial charge < -0.3 is 5.11 Å². The number of aliphatic hydroxyl groups excluding tert-OH is 1. The molecule has 1 N–H and O–H groups in total. The number of nitrogens with zero attached hydrogens (tertiary/aromatic N) is 1. The topological polar surface area (TPSA) is 57.6 Å². The summed E-state index contributed by atoms with van der Waals surface area (Å²) in [5.74, 6) is 0. The van der Waals surface area contributed by atoms with Gasteiger partial charge in [0.25, 0.3) is 0 Å². The lowest BCUT2D eigenvalue weighted by molar-refractivity contribution is 0.299. The second kappa shape index (κ2) is 6.53. The van der Waals surface area contributed by atoms with Gasteiger partial charge in [-0.05, 0) is 41.1 Å². The maximum atomic E-state index is 11.8. The Morgan fingerprint density at radius 3 is 2.56 bits per heavy atom. The second-order valence-corrected chi connectivity index (χ2v) is 7.01. The van der Waals surface area contributed by atoms with Crippen molar-refractivity contribution in [3.63, 3.8) is 0 Å². The summed E-state index contributed by atoms with van der Waals surface area (Å²) in [5.41, 5.74) is 1.32. The van der Waals surface area contributed by atoms with Gasteiger partial charge >= 0.3 is 0 Å². The van der Waals surface area contributed by atoms with Crippen molar-refractivity contribution < 1.29 is 13.5 Å². The van der Waals surface area contributed by atoms with Crippen LogP contribution in [0.2, 0.25) is 0 Å². The van der Waals surface area contributed by atoms with E-state index < -0.39 is 10.0 Å². The van der Waals surface area contributed by atoms with Gasteiger partial charge in [0.05, 0.1) is 18.5 Å². The molecule has 0 spiro atoms. The van der Waals surface area contributed by atoms with Gasteiger partial charge in [0.1, 0.15) is 0 Å². The van der Waals surface area contributed by atoms with Crippen LogP contribution in [-0.2, 0) is 10.0 Å². The summed E-state index contributed by atoms with van der Waals surface area (Å²) in [7, 11) is -3.37. The third-order valence-corrected chi connectivity index (χ3v) is 4.39. The van der Waals surface area contributed by atoms with Crippen LogP contribution in [0, 0.1) is 3.57 Å². The molecule has 1 rings (SSSR count). The quantitative estimate of drug-likeness (QED) is 0.606. The fraction of sp³-hybridized carbons (Fsp3) is 0.333. The first-order valence-corrected chi connectivity index (χ1v) is 8.28. The van der Waals surface area contributed by atoms with E-state index in [0.717, 1.165) is 3.57 Å². The minimum Gasteiger partial charge on any atom is -0.396 e. The summed E-state index contributed by atoms with van der Waals surface area (Å²) in [6.07, 6.45) is 1.57. The van der Waals surface area contributed by atoms with Gasteiger partial charge in [-0.2, -0.15) is 0 Å². The Labute approximate surface area is 122 Å². The highest BCUT2D eigenvalue weighted by Crippen LogP contribution is 2.25. The van der Waals surface area contributed by atoms with Crippen molar-refractivity contribution in [1.82, 2.24) is 0 Å². The van der Waals surface area contributed by atoms with Crippen LogP contribution in [0.25, 0.3) is 0 Å². The Kier molecular flexibility index (Phi) is 5.61. The molecule has 1 aromatic carbocycles. The molecular formula is C12H16INO3S. The van der Waals surface area contributed by atoms with Crippen LogP contribution in [0.3, 0.4) is 0 Å². The molecule has 0 bridgehead atoms. The fourth-order valence-corrected chi connectivity index (χ4v) is 3.25. The molecule has 0 aliphatic heterocycles. The van der Waals surface area contributed by atoms with E-state index in [1.807, 2.05) is 12.1 Å². The zero-order chi connectivity index (χ0) is 13.8. The van der Waals surface area contributed by atoms with Crippen LogP contribution in [0.15, 0.2) is 36.4 Å². The zero-order valence-electron chi connectivity index (χ0n) is 10.1. The van der Waals surface area contributed by atoms with Crippen LogP contribution >= 0.6 is 22.6 Å². The molecule has 18 heavy (non-hydrogen) atoms. The highest BCUT2D eigenvalue weighted by molar-refractivity contribution is 14.1. The van der Waals surface area contributed by atoms with E-state index in [1.54, 1.807) is 12.1 Å². The molecule has 0 unspecified atom stereocenters. The molecule has 1 aromatic rings. The highest BCUT2D eigenvalue weighted by atomic mass is 127. The molecule has 0 saturated heterocycles. The third-order valence-electron chi connectivity index (χ3n) is 2.35. The number of anilines is 1. The first kappa shape index (κ1) is 15.5. The van der Waals surface area contributed by atoms with Crippen molar-refractivity contribution in [3.8, 4) is 0 Å². The van der Waals surface area contributed by atoms with Gasteiger partial charge in [0.2, 0.25) is 10.0 Å². The Morgan fingerprint density at radius 1 is 1.44 bits per heavy atom. The van der Waals surface area contributed by atoms with E-state index in [9.17, 15) is 8.42 Å². The SMILES string of the molecule is C=C(CCO)CN(c1ccccc1I)S(C)(=O)=O. The van der Waals surface area contributed by atoms with Crippen molar-refractivity contribution in [2.45, 2.75) is 6.42 Å². The minimum absolute atomic E-state index is 0.0255. The molecule has 0 aromatic heterocycles. The second-order valence-electron chi connectivity index (χ2n) is 3.94. The normalized spacial score (nSPS) is 11.3. The lowest BCUT2D eigenvalue weighted by atomic mass is 10.2. The predicted molar refractivity (Wildman–Crippen MR) is 82.2 cm³/mol. The molecule has 0 aliphatic rings. The number of para-hydroxylation sites is 1. The molecular weight excluding hydrogens is 365 g/mol. The predicted octanol–water partition coefficient (Wildman–Crippen LogP) is 2.00. The summed E-state index contributed by atoms with van der Waals surface area (Å²) in [5, 5.41) is 8.85. The van der Waals surface area contributed by atoms with Crippen LogP contribution in [0.4, 0.5) is 5.69 Å². The van der Waals surface area contributed by atoms with Crippen molar-refractivity contribution in [2.24, 2.45) is 0 Å². The van der Waals surface area contributed by atoms with E-state index in [1.165, 1.54) is 10.6 Å². The summed E-state index contributed by atoms with van der Waals surface area (Å²) in [6.45, 7) is 3.95. The van der Waals surface area contributed by atoms with Crippen molar-refractivity contribution in [2.75, 3.05) is 23.7 Å². The van der Waals surface area contributed by atoms with E-state index >= 15 is 0 Å². The smallest absolute Gasteiger partial charge is 0.232 e. The van der Waals surface area contributed by atoms with Gasteiger partial charge in [0.15, 0.2) is 0 Å². The summed E-state index contributed by atoms with van der Waals surface area (Å²) in [4.78, 5) is 0. The third kappa shape index (κ3) is 4.25. The Bertz CT molecular complexity index is 528. The van der Waals surface area contributed by atoms with Crippen LogP contribution in [0.5, 0.6) is 0 Å². The molecule has 4 nitrogen and oxygen atoms in total. The number of aliphatic hydroxyl groups is 1. The number of rotatable bonds is 6. The number of sulfonamides is 1. The Morgan fingerprint density at radius 2 is 2.06 bits per heavy atom. The van der Waals surface area contributed by atoms with Gasteiger partial charge in [-0.25, -0.2) is 8.42 Å². The van der Waals surface area contributed by atoms with E-state index in [0.29, 0.717) is 17.7 Å². The largest absolute Gasteiger partial charge is 0.396 e. The first-order valence-electron chi connectivity index (χ1n) is 5.36. The molecule has 0 heterocycles. The van der Waals surface area contributed by atoms with Crippen molar-refractivity contribution in [1.29, 1.82) is 0 Å². The fourth-order valence-electron chi connectivity index (χ4n) is 1.48. The molecule has 0 fully saturated rings. The van der Waals surface area contributed by atoms with Crippen molar-refractivity contribution >= 4 is 38.3 Å². The first-order chi connectivity index (χ1) is 8.36. The molecule has 0 saturated carbocycles. The molecule has 100 valence electrons. The van der Waals surface area contributed by atoms with Gasteiger partial charge in [-0.1, -0.05) is 24.3 Å². The Balaban J connectivity index is 3.08. The number of benzene rings is 1. The zero-order valence-corrected chi connectivity index (χ0v) is 13.1. The average Bonchev–Trinajstić information content (AvgIpc) is 2.26. The van der Waals surface area contributed by atoms with E-state index in [2.05, 4.69) is 29.2 Å². The summed E-state index contributed by atoms with van der Waals surface area (Å²) in [6, 6.07) is 7.26. The van der Waals surface area contributed by atoms with E-state index in [4.69, 9.17) is 5.11 Å². The highest BCUT2D eigenvalue weighted by Gasteiger charge is 2.19. The monoisotopic (exact) mass is 381 g/mol. The Hall–Kier alpha value is -0.600. The lowest BCUT2D eigenvalue weighted by Crippen LogP contribution is -2.32. The van der Waals surface area contributed by atoms with Crippen molar-refractivity contribution in [3.05, 3.63) is 40.0 Å². The number of halogens is 1. The van der Waals surface area contributed by atoms with E-state index in [-0.39, 0.29) is 13.2 Å². The molecule has 6 heteroatoms. The summed E-state index contributed by atoms with van der Waals surface area (Å²) < 4.78 is 25.9. The van der Waals surface area contributed by atoms with Crippen LogP contribution < -0.4 is 4.31 Å². The number of hydrogen-bond donors (Lipinski definition) is 1. The maximum absolute atomic E-state index is 11.8. The van der Waals surface area contributed by atoms with Gasteiger partial charge in [0, 0.05) is 10.2 Å². The molecule has 0 amide bonds. The molecule has 0 radical (unpaired) electrons. The number of hydrogen-bond acceptors (Lipinski definition) is 3. The van der Waals surface area contributed by atoms with Crippen LogP contribution in [0.1, 0.15) is 6.42 Å². The van der Waals surface area contributed by atoms with Gasteiger partial charge in [-0.3, -0.25) is 4.31 Å². The standard InChI is InChI=1S/C12H16INO3S/c1-10(7-8-15)9-14(18(2,16)17)12-6-4-3-5-11(12)13/h3-6,15H,1,7-9H2,2H3. The van der Waals surface area contributed by atoms with Gasteiger partial charge in [-0.15, -0.1) is 0 Å². The maximum Gasteiger partial charge on any atom is 0.232 e. The van der Waals surface area contributed by atoms with Crippen LogP contribution in [-0.4, -0.2) is 32.9 Å². The summed E-state index contributed by atoms with van der Waals surface area (Å²) >= 11 is 2.10.